The molecule has 7 heteroatoms. The number of fused-ring (bicyclic) bond motifs is 1. The van der Waals surface area contributed by atoms with Crippen molar-refractivity contribution in [2.24, 2.45) is 0 Å². The zero-order valence-corrected chi connectivity index (χ0v) is 14.6. The highest BCUT2D eigenvalue weighted by Crippen LogP contribution is 2.27. The summed E-state index contributed by atoms with van der Waals surface area (Å²) < 4.78 is 1.97. The highest BCUT2D eigenvalue weighted by Gasteiger charge is 2.09. The summed E-state index contributed by atoms with van der Waals surface area (Å²) in [6.45, 7) is 2.05. The molecule has 5 rings (SSSR count). The molecular weight excluding hydrogens is 338 g/mol. The number of rotatable bonds is 4. The maximum Gasteiger partial charge on any atom is 0.152 e. The third-order valence-corrected chi connectivity index (χ3v) is 4.67. The molecule has 0 radical (unpaired) electrons. The normalized spacial score (nSPS) is 11.1. The molecule has 0 aliphatic rings. The van der Waals surface area contributed by atoms with E-state index in [1.165, 1.54) is 0 Å². The lowest BCUT2D eigenvalue weighted by molar-refractivity contribution is 1.06. The van der Waals surface area contributed by atoms with E-state index in [4.69, 9.17) is 0 Å². The van der Waals surface area contributed by atoms with Gasteiger partial charge >= 0.3 is 0 Å². The molecule has 0 fully saturated rings. The molecule has 0 aliphatic heterocycles. The number of hydrogen-bond donors (Lipinski definition) is 3. The van der Waals surface area contributed by atoms with Gasteiger partial charge in [-0.05, 0) is 36.8 Å². The van der Waals surface area contributed by atoms with Crippen molar-refractivity contribution in [3.8, 4) is 16.9 Å². The minimum Gasteiger partial charge on any atom is -0.345 e. The smallest absolute Gasteiger partial charge is 0.152 e. The molecule has 0 saturated heterocycles. The van der Waals surface area contributed by atoms with Gasteiger partial charge in [0.2, 0.25) is 0 Å². The monoisotopic (exact) mass is 355 g/mol. The number of hydrogen-bond acceptors (Lipinski definition) is 4. The van der Waals surface area contributed by atoms with Crippen molar-refractivity contribution >= 4 is 22.5 Å². The van der Waals surface area contributed by atoms with E-state index in [0.717, 1.165) is 45.0 Å². The molecule has 3 N–H and O–H groups in total. The molecule has 0 amide bonds. The van der Waals surface area contributed by atoms with Crippen molar-refractivity contribution in [2.45, 2.75) is 6.92 Å². The van der Waals surface area contributed by atoms with Gasteiger partial charge in [-0.1, -0.05) is 12.1 Å². The summed E-state index contributed by atoms with van der Waals surface area (Å²) in [5, 5.41) is 10.9. The molecule has 3 heterocycles. The zero-order valence-electron chi connectivity index (χ0n) is 14.6. The predicted molar refractivity (Wildman–Crippen MR) is 105 cm³/mol. The van der Waals surface area contributed by atoms with Crippen LogP contribution in [0.3, 0.4) is 0 Å². The molecular formula is C20H17N7. The molecule has 3 aromatic heterocycles. The SMILES string of the molecule is Cc1c(Nc2cc(-c3ccc(-n4ccnc4)cc3)[nH]n2)ccc2[nH]cnc12. The quantitative estimate of drug-likeness (QED) is 0.451. The van der Waals surface area contributed by atoms with E-state index in [1.54, 1.807) is 18.9 Å². The molecule has 5 aromatic rings. The second-order valence-electron chi connectivity index (χ2n) is 6.35. The van der Waals surface area contributed by atoms with Crippen molar-refractivity contribution in [3.05, 3.63) is 73.1 Å². The molecule has 27 heavy (non-hydrogen) atoms. The Morgan fingerprint density at radius 1 is 1.07 bits per heavy atom. The summed E-state index contributed by atoms with van der Waals surface area (Å²) in [6, 6.07) is 14.3. The number of benzene rings is 2. The lowest BCUT2D eigenvalue weighted by atomic mass is 10.1. The third kappa shape index (κ3) is 2.75. The minimum atomic E-state index is 0.765. The lowest BCUT2D eigenvalue weighted by Crippen LogP contribution is -1.94. The van der Waals surface area contributed by atoms with Crippen LogP contribution in [0.2, 0.25) is 0 Å². The van der Waals surface area contributed by atoms with Gasteiger partial charge in [0.05, 0.1) is 29.4 Å². The fourth-order valence-corrected chi connectivity index (χ4v) is 3.18. The minimum absolute atomic E-state index is 0.765. The number of H-pyrrole nitrogens is 2. The van der Waals surface area contributed by atoms with E-state index < -0.39 is 0 Å². The Balaban J connectivity index is 1.40. The highest BCUT2D eigenvalue weighted by molar-refractivity contribution is 5.85. The van der Waals surface area contributed by atoms with Gasteiger partial charge in [-0.25, -0.2) is 9.97 Å². The van der Waals surface area contributed by atoms with Crippen LogP contribution in [0, 0.1) is 6.92 Å². The van der Waals surface area contributed by atoms with Crippen molar-refractivity contribution in [1.82, 2.24) is 29.7 Å². The lowest BCUT2D eigenvalue weighted by Gasteiger charge is -2.07. The summed E-state index contributed by atoms with van der Waals surface area (Å²) in [4.78, 5) is 11.6. The number of imidazole rings is 2. The van der Waals surface area contributed by atoms with E-state index in [-0.39, 0.29) is 0 Å². The van der Waals surface area contributed by atoms with Crippen LogP contribution in [0.4, 0.5) is 11.5 Å². The zero-order chi connectivity index (χ0) is 18.2. The number of nitrogens with one attached hydrogen (secondary N) is 3. The Hall–Kier alpha value is -3.87. The molecule has 7 nitrogen and oxygen atoms in total. The fraction of sp³-hybridized carbons (Fsp3) is 0.0500. The molecule has 0 aliphatic carbocycles. The molecule has 0 atom stereocenters. The predicted octanol–water partition coefficient (Wildman–Crippen LogP) is 4.19. The van der Waals surface area contributed by atoms with Gasteiger partial charge in [-0.3, -0.25) is 5.10 Å². The fourth-order valence-electron chi connectivity index (χ4n) is 3.18. The molecule has 2 aromatic carbocycles. The summed E-state index contributed by atoms with van der Waals surface area (Å²) in [5.74, 6) is 0.765. The average Bonchev–Trinajstić information content (AvgIpc) is 3.46. The van der Waals surface area contributed by atoms with Crippen molar-refractivity contribution in [3.63, 3.8) is 0 Å². The van der Waals surface area contributed by atoms with Crippen LogP contribution in [0.1, 0.15) is 5.56 Å². The van der Waals surface area contributed by atoms with Crippen LogP contribution < -0.4 is 5.32 Å². The van der Waals surface area contributed by atoms with Crippen molar-refractivity contribution in [2.75, 3.05) is 5.32 Å². The van der Waals surface area contributed by atoms with E-state index >= 15 is 0 Å². The number of nitrogens with zero attached hydrogens (tertiary/aromatic N) is 4. The third-order valence-electron chi connectivity index (χ3n) is 4.67. The Morgan fingerprint density at radius 2 is 1.96 bits per heavy atom. The van der Waals surface area contributed by atoms with Gasteiger partial charge < -0.3 is 14.9 Å². The Kier molecular flexibility index (Phi) is 3.50. The first-order chi connectivity index (χ1) is 13.3. The Bertz CT molecular complexity index is 1200. The highest BCUT2D eigenvalue weighted by atomic mass is 15.2. The summed E-state index contributed by atoms with van der Waals surface area (Å²) in [5.41, 5.74) is 7.15. The summed E-state index contributed by atoms with van der Waals surface area (Å²) in [7, 11) is 0. The molecule has 0 unspecified atom stereocenters. The second-order valence-corrected chi connectivity index (χ2v) is 6.35. The number of anilines is 2. The first-order valence-corrected chi connectivity index (χ1v) is 8.62. The van der Waals surface area contributed by atoms with Crippen LogP contribution in [0.25, 0.3) is 28.0 Å². The standard InChI is InChI=1S/C20H17N7/c1-13-16(6-7-17-20(13)23-11-22-17)24-19-10-18(25-26-19)14-2-4-15(5-3-14)27-9-8-21-12-27/h2-12H,1H3,(H,22,23)(H2,24,25,26). The largest absolute Gasteiger partial charge is 0.345 e. The maximum atomic E-state index is 4.39. The first kappa shape index (κ1) is 15.4. The van der Waals surface area contributed by atoms with Gasteiger partial charge in [0.15, 0.2) is 5.82 Å². The molecule has 0 bridgehead atoms. The van der Waals surface area contributed by atoms with E-state index in [1.807, 2.05) is 35.9 Å². The number of aromatic amines is 2. The van der Waals surface area contributed by atoms with Gasteiger partial charge in [0.1, 0.15) is 0 Å². The average molecular weight is 355 g/mol. The topological polar surface area (TPSA) is 87.2 Å². The van der Waals surface area contributed by atoms with Crippen LogP contribution in [-0.4, -0.2) is 29.7 Å². The van der Waals surface area contributed by atoms with Crippen LogP contribution in [-0.2, 0) is 0 Å². The summed E-state index contributed by atoms with van der Waals surface area (Å²) in [6.07, 6.45) is 7.18. The van der Waals surface area contributed by atoms with E-state index in [0.29, 0.717) is 0 Å². The Labute approximate surface area is 155 Å². The van der Waals surface area contributed by atoms with Gasteiger partial charge in [-0.15, -0.1) is 0 Å². The van der Waals surface area contributed by atoms with Gasteiger partial charge in [0, 0.05) is 35.4 Å². The first-order valence-electron chi connectivity index (χ1n) is 8.62. The van der Waals surface area contributed by atoms with Crippen LogP contribution in [0.15, 0.2) is 67.5 Å². The van der Waals surface area contributed by atoms with E-state index in [9.17, 15) is 0 Å². The van der Waals surface area contributed by atoms with Crippen molar-refractivity contribution < 1.29 is 0 Å². The number of aromatic nitrogens is 6. The van der Waals surface area contributed by atoms with Crippen LogP contribution in [0.5, 0.6) is 0 Å². The Morgan fingerprint density at radius 3 is 2.78 bits per heavy atom. The summed E-state index contributed by atoms with van der Waals surface area (Å²) >= 11 is 0. The second kappa shape index (κ2) is 6.14. The number of aryl methyl sites for hydroxylation is 1. The van der Waals surface area contributed by atoms with Gasteiger partial charge in [-0.2, -0.15) is 5.10 Å². The van der Waals surface area contributed by atoms with E-state index in [2.05, 4.69) is 54.7 Å². The molecule has 0 spiro atoms. The van der Waals surface area contributed by atoms with Crippen molar-refractivity contribution in [1.29, 1.82) is 0 Å². The molecule has 132 valence electrons. The van der Waals surface area contributed by atoms with Gasteiger partial charge in [0.25, 0.3) is 0 Å². The molecule has 0 saturated carbocycles. The van der Waals surface area contributed by atoms with Crippen LogP contribution >= 0.6 is 0 Å². The maximum absolute atomic E-state index is 4.39.